The molecule has 1 aromatic carbocycles. The molecule has 0 amide bonds. The molecule has 5 nitrogen and oxygen atoms in total. The smallest absolute Gasteiger partial charge is 0.218 e. The van der Waals surface area contributed by atoms with Gasteiger partial charge in [0, 0.05) is 17.8 Å². The van der Waals surface area contributed by atoms with Crippen molar-refractivity contribution in [3.05, 3.63) is 63.1 Å². The molecule has 0 saturated carbocycles. The molecule has 3 rings (SSSR count). The van der Waals surface area contributed by atoms with E-state index in [9.17, 15) is 14.9 Å². The summed E-state index contributed by atoms with van der Waals surface area (Å²) >= 11 is 0. The number of ketones is 1. The summed E-state index contributed by atoms with van der Waals surface area (Å²) in [5.74, 6) is 0.507. The molecule has 0 spiro atoms. The second kappa shape index (κ2) is 5.65. The number of nitro groups is 1. The molecular weight excluding hydrogens is 294 g/mol. The largest absolute Gasteiger partial charge is 0.465 e. The Morgan fingerprint density at radius 2 is 2.00 bits per heavy atom. The Balaban J connectivity index is 1.99. The lowest BCUT2D eigenvalue weighted by Gasteiger charge is -2.28. The van der Waals surface area contributed by atoms with Crippen LogP contribution in [0.2, 0.25) is 0 Å². The first-order chi connectivity index (χ1) is 10.9. The molecule has 120 valence electrons. The van der Waals surface area contributed by atoms with Gasteiger partial charge in [-0.15, -0.1) is 0 Å². The Morgan fingerprint density at radius 3 is 2.65 bits per heavy atom. The number of Topliss-reactive ketones (excluding diaryl/α,β-unsaturated/α-hetero) is 1. The van der Waals surface area contributed by atoms with E-state index >= 15 is 0 Å². The molecule has 0 unspecified atom stereocenters. The Hall–Kier alpha value is -2.43. The van der Waals surface area contributed by atoms with E-state index in [1.54, 1.807) is 6.08 Å². The molecule has 1 heterocycles. The zero-order chi connectivity index (χ0) is 16.6. The third-order valence-electron chi connectivity index (χ3n) is 4.25. The monoisotopic (exact) mass is 313 g/mol. The van der Waals surface area contributed by atoms with Gasteiger partial charge in [-0.25, -0.2) is 0 Å². The van der Waals surface area contributed by atoms with Crippen molar-refractivity contribution in [3.63, 3.8) is 0 Å². The lowest BCUT2D eigenvalue weighted by molar-refractivity contribution is -0.484. The topological polar surface area (TPSA) is 69.4 Å². The van der Waals surface area contributed by atoms with Crippen molar-refractivity contribution in [1.82, 2.24) is 0 Å². The van der Waals surface area contributed by atoms with E-state index in [1.807, 2.05) is 44.2 Å². The van der Waals surface area contributed by atoms with Gasteiger partial charge in [0.15, 0.2) is 5.78 Å². The van der Waals surface area contributed by atoms with Crippen LogP contribution in [0.25, 0.3) is 6.08 Å². The first kappa shape index (κ1) is 15.5. The second-order valence-electron chi connectivity index (χ2n) is 6.91. The van der Waals surface area contributed by atoms with E-state index in [0.717, 1.165) is 5.56 Å². The maximum atomic E-state index is 12.5. The Kier molecular flexibility index (Phi) is 3.80. The normalized spacial score (nSPS) is 24.5. The highest BCUT2D eigenvalue weighted by Gasteiger charge is 2.45. The standard InChI is InChI=1S/C18H19NO4/c1-18(2)9-14(20)17-13(11-19(21)22)15(23-16(17)10-18)8-12-6-4-3-5-7-12/h3-8,13H,9-11H2,1-2H3/b15-8-/t13-/m1/s1. The summed E-state index contributed by atoms with van der Waals surface area (Å²) < 4.78 is 5.90. The van der Waals surface area contributed by atoms with Crippen molar-refractivity contribution in [2.24, 2.45) is 11.3 Å². The first-order valence-electron chi connectivity index (χ1n) is 7.68. The van der Waals surface area contributed by atoms with Crippen molar-refractivity contribution in [1.29, 1.82) is 0 Å². The number of ether oxygens (including phenoxy) is 1. The Labute approximate surface area is 134 Å². The lowest BCUT2D eigenvalue weighted by atomic mass is 9.74. The predicted octanol–water partition coefficient (Wildman–Crippen LogP) is 3.59. The van der Waals surface area contributed by atoms with E-state index < -0.39 is 5.92 Å². The minimum atomic E-state index is -0.580. The molecule has 2 aliphatic rings. The molecule has 1 aliphatic carbocycles. The molecule has 0 fully saturated rings. The van der Waals surface area contributed by atoms with E-state index in [2.05, 4.69) is 0 Å². The van der Waals surface area contributed by atoms with Gasteiger partial charge in [0.1, 0.15) is 17.4 Å². The Morgan fingerprint density at radius 1 is 1.30 bits per heavy atom. The number of hydrogen-bond acceptors (Lipinski definition) is 4. The van der Waals surface area contributed by atoms with E-state index in [4.69, 9.17) is 4.74 Å². The van der Waals surface area contributed by atoms with Crippen LogP contribution in [0.4, 0.5) is 0 Å². The summed E-state index contributed by atoms with van der Waals surface area (Å²) in [5, 5.41) is 11.1. The summed E-state index contributed by atoms with van der Waals surface area (Å²) in [6.45, 7) is 3.71. The average Bonchev–Trinajstić information content (AvgIpc) is 2.75. The van der Waals surface area contributed by atoms with Crippen molar-refractivity contribution in [2.45, 2.75) is 26.7 Å². The number of carbonyl (C=O) groups is 1. The minimum Gasteiger partial charge on any atom is -0.465 e. The van der Waals surface area contributed by atoms with Crippen LogP contribution in [0.15, 0.2) is 47.4 Å². The molecule has 0 aromatic heterocycles. The molecule has 0 bridgehead atoms. The zero-order valence-electron chi connectivity index (χ0n) is 13.2. The van der Waals surface area contributed by atoms with Gasteiger partial charge in [-0.3, -0.25) is 14.9 Å². The maximum Gasteiger partial charge on any atom is 0.218 e. The molecule has 0 N–H and O–H groups in total. The number of benzene rings is 1. The van der Waals surface area contributed by atoms with Crippen LogP contribution in [0.3, 0.4) is 0 Å². The molecule has 23 heavy (non-hydrogen) atoms. The van der Waals surface area contributed by atoms with Gasteiger partial charge in [-0.2, -0.15) is 0 Å². The van der Waals surface area contributed by atoms with Crippen LogP contribution in [-0.2, 0) is 9.53 Å². The lowest BCUT2D eigenvalue weighted by Crippen LogP contribution is -2.28. The fourth-order valence-electron chi connectivity index (χ4n) is 3.29. The summed E-state index contributed by atoms with van der Waals surface area (Å²) in [6, 6.07) is 9.50. The Bertz CT molecular complexity index is 716. The average molecular weight is 313 g/mol. The number of hydrogen-bond donors (Lipinski definition) is 0. The van der Waals surface area contributed by atoms with E-state index in [-0.39, 0.29) is 22.7 Å². The molecule has 1 aromatic rings. The predicted molar refractivity (Wildman–Crippen MR) is 85.9 cm³/mol. The highest BCUT2D eigenvalue weighted by atomic mass is 16.6. The molecule has 0 saturated heterocycles. The summed E-state index contributed by atoms with van der Waals surface area (Å²) in [5.41, 5.74) is 1.24. The third kappa shape index (κ3) is 3.18. The third-order valence-corrected chi connectivity index (χ3v) is 4.25. The molecule has 5 heteroatoms. The van der Waals surface area contributed by atoms with E-state index in [0.29, 0.717) is 29.9 Å². The van der Waals surface area contributed by atoms with Gasteiger partial charge < -0.3 is 4.74 Å². The van der Waals surface area contributed by atoms with Gasteiger partial charge in [-0.1, -0.05) is 44.2 Å². The summed E-state index contributed by atoms with van der Waals surface area (Å²) in [6.07, 6.45) is 2.84. The van der Waals surface area contributed by atoms with E-state index in [1.165, 1.54) is 0 Å². The van der Waals surface area contributed by atoms with Crippen molar-refractivity contribution in [2.75, 3.05) is 6.54 Å². The molecular formula is C18H19NO4. The van der Waals surface area contributed by atoms with Gasteiger partial charge in [0.2, 0.25) is 6.54 Å². The first-order valence-corrected chi connectivity index (χ1v) is 7.68. The van der Waals surface area contributed by atoms with Crippen molar-refractivity contribution in [3.8, 4) is 0 Å². The molecule has 0 radical (unpaired) electrons. The molecule has 1 aliphatic heterocycles. The van der Waals surface area contributed by atoms with Crippen molar-refractivity contribution < 1.29 is 14.5 Å². The van der Waals surface area contributed by atoms with Crippen LogP contribution in [0, 0.1) is 21.4 Å². The number of rotatable bonds is 3. The van der Waals surface area contributed by atoms with Crippen LogP contribution < -0.4 is 0 Å². The zero-order valence-corrected chi connectivity index (χ0v) is 13.2. The fraction of sp³-hybridized carbons (Fsp3) is 0.389. The van der Waals surface area contributed by atoms with Crippen LogP contribution in [-0.4, -0.2) is 17.3 Å². The van der Waals surface area contributed by atoms with Crippen LogP contribution in [0.5, 0.6) is 0 Å². The van der Waals surface area contributed by atoms with Gasteiger partial charge in [0.05, 0.1) is 5.57 Å². The maximum absolute atomic E-state index is 12.5. The summed E-state index contributed by atoms with van der Waals surface area (Å²) in [7, 11) is 0. The number of allylic oxidation sites excluding steroid dienone is 1. The minimum absolute atomic E-state index is 0.0282. The molecule has 1 atom stereocenters. The highest BCUT2D eigenvalue weighted by Crippen LogP contribution is 2.47. The SMILES string of the molecule is CC1(C)CC(=O)C2=C(C1)O/C(=C\c1ccccc1)[C@H]2C[N+](=O)[O-]. The van der Waals surface area contributed by atoms with Gasteiger partial charge >= 0.3 is 0 Å². The second-order valence-corrected chi connectivity index (χ2v) is 6.91. The van der Waals surface area contributed by atoms with Gasteiger partial charge in [-0.05, 0) is 17.1 Å². The summed E-state index contributed by atoms with van der Waals surface area (Å²) in [4.78, 5) is 23.2. The highest BCUT2D eigenvalue weighted by molar-refractivity contribution is 5.99. The van der Waals surface area contributed by atoms with Crippen LogP contribution in [0.1, 0.15) is 32.3 Å². The van der Waals surface area contributed by atoms with Gasteiger partial charge in [0.25, 0.3) is 0 Å². The number of nitrogens with zero attached hydrogens (tertiary/aromatic N) is 1. The number of carbonyl (C=O) groups excluding carboxylic acids is 1. The fourth-order valence-corrected chi connectivity index (χ4v) is 3.29. The van der Waals surface area contributed by atoms with Crippen molar-refractivity contribution >= 4 is 11.9 Å². The quantitative estimate of drug-likeness (QED) is 0.631. The van der Waals surface area contributed by atoms with Crippen LogP contribution >= 0.6 is 0 Å².